The van der Waals surface area contributed by atoms with E-state index in [1.165, 1.54) is 0 Å². The molecule has 13 rings (SSSR count). The van der Waals surface area contributed by atoms with E-state index >= 15 is 0 Å². The van der Waals surface area contributed by atoms with Gasteiger partial charge >= 0.3 is 0 Å². The van der Waals surface area contributed by atoms with Gasteiger partial charge in [0.05, 0.1) is 56.1 Å². The van der Waals surface area contributed by atoms with Gasteiger partial charge in [-0.2, -0.15) is 10.5 Å². The van der Waals surface area contributed by atoms with Gasteiger partial charge in [-0.3, -0.25) is 0 Å². The molecule has 0 N–H and O–H groups in total. The van der Waals surface area contributed by atoms with E-state index in [1.54, 1.807) is 12.1 Å². The lowest BCUT2D eigenvalue weighted by Crippen LogP contribution is -2.00. The Labute approximate surface area is 353 Å². The number of hydrogen-bond donors (Lipinski definition) is 0. The Morgan fingerprint density at radius 1 is 0.371 bits per heavy atom. The maximum atomic E-state index is 10.6. The fourth-order valence-corrected chi connectivity index (χ4v) is 9.84. The Bertz CT molecular complexity index is 3920. The molecule has 0 atom stereocenters. The minimum absolute atomic E-state index is 0.549. The summed E-state index contributed by atoms with van der Waals surface area (Å²) >= 11 is 0. The molecule has 9 aromatic carbocycles. The molecule has 286 valence electrons. The molecule has 6 heteroatoms. The van der Waals surface area contributed by atoms with Crippen LogP contribution in [-0.4, -0.2) is 9.13 Å². The van der Waals surface area contributed by atoms with Crippen molar-refractivity contribution in [1.29, 1.82) is 10.5 Å². The second kappa shape index (κ2) is 12.8. The average molecular weight is 791 g/mol. The van der Waals surface area contributed by atoms with Crippen molar-refractivity contribution in [2.24, 2.45) is 0 Å². The van der Waals surface area contributed by atoms with Gasteiger partial charge in [0, 0.05) is 43.7 Å². The van der Waals surface area contributed by atoms with Gasteiger partial charge in [-0.15, -0.1) is 0 Å². The van der Waals surface area contributed by atoms with Crippen LogP contribution in [-0.2, 0) is 0 Å². The van der Waals surface area contributed by atoms with Crippen molar-refractivity contribution in [3.05, 3.63) is 193 Å². The first-order valence-electron chi connectivity index (χ1n) is 20.5. The molecule has 0 unspecified atom stereocenters. The van der Waals surface area contributed by atoms with Crippen molar-refractivity contribution < 1.29 is 8.83 Å². The van der Waals surface area contributed by atoms with Crippen LogP contribution >= 0.6 is 0 Å². The molecule has 62 heavy (non-hydrogen) atoms. The summed E-state index contributed by atoms with van der Waals surface area (Å²) in [4.78, 5) is 0. The Hall–Kier alpha value is -8.84. The van der Waals surface area contributed by atoms with Gasteiger partial charge in [0.25, 0.3) is 0 Å². The number of nitriles is 2. The minimum atomic E-state index is 0.549. The van der Waals surface area contributed by atoms with Gasteiger partial charge in [-0.25, -0.2) is 0 Å². The number of aromatic nitrogens is 2. The van der Waals surface area contributed by atoms with Gasteiger partial charge in [-0.05, 0) is 107 Å². The van der Waals surface area contributed by atoms with E-state index in [0.717, 1.165) is 121 Å². The van der Waals surface area contributed by atoms with Crippen LogP contribution in [0, 0.1) is 22.7 Å². The SMILES string of the molecule is N#Cc1ccc(-c2ccc(-c3cc(-n4c5ccccc5c5c6oc7ccccc7c6ccc54)cc(-n4c5ccccc5c5c6oc7ccccc7c6ccc54)c3)cc2C#N)cc1. The van der Waals surface area contributed by atoms with E-state index in [4.69, 9.17) is 8.83 Å². The molecule has 0 aliphatic carbocycles. The summed E-state index contributed by atoms with van der Waals surface area (Å²) in [5.41, 5.74) is 14.2. The average Bonchev–Trinajstić information content (AvgIpc) is 4.09. The lowest BCUT2D eigenvalue weighted by Gasteiger charge is -2.16. The highest BCUT2D eigenvalue weighted by Gasteiger charge is 2.23. The predicted octanol–water partition coefficient (Wildman–Crippen LogP) is 14.8. The van der Waals surface area contributed by atoms with E-state index < -0.39 is 0 Å². The first kappa shape index (κ1) is 34.1. The van der Waals surface area contributed by atoms with Gasteiger partial charge < -0.3 is 18.0 Å². The van der Waals surface area contributed by atoms with Crippen LogP contribution in [0.15, 0.2) is 191 Å². The van der Waals surface area contributed by atoms with Crippen LogP contribution < -0.4 is 0 Å². The highest BCUT2D eigenvalue weighted by molar-refractivity contribution is 6.25. The minimum Gasteiger partial charge on any atom is -0.455 e. The number of para-hydroxylation sites is 4. The van der Waals surface area contributed by atoms with Crippen LogP contribution in [0.2, 0.25) is 0 Å². The molecular weight excluding hydrogens is 761 g/mol. The third-order valence-electron chi connectivity index (χ3n) is 12.6. The third kappa shape index (κ3) is 4.78. The van der Waals surface area contributed by atoms with E-state index in [2.05, 4.69) is 143 Å². The zero-order valence-electron chi connectivity index (χ0n) is 32.9. The highest BCUT2D eigenvalue weighted by Crippen LogP contribution is 2.44. The van der Waals surface area contributed by atoms with Gasteiger partial charge in [0.15, 0.2) is 0 Å². The molecule has 0 aliphatic rings. The monoisotopic (exact) mass is 790 g/mol. The molecule has 0 bridgehead atoms. The number of furan rings is 2. The first-order chi connectivity index (χ1) is 30.6. The van der Waals surface area contributed by atoms with Crippen molar-refractivity contribution in [2.75, 3.05) is 0 Å². The zero-order chi connectivity index (χ0) is 41.1. The van der Waals surface area contributed by atoms with Crippen molar-refractivity contribution in [3.63, 3.8) is 0 Å². The molecule has 6 nitrogen and oxygen atoms in total. The summed E-state index contributed by atoms with van der Waals surface area (Å²) in [5.74, 6) is 0. The summed E-state index contributed by atoms with van der Waals surface area (Å²) in [7, 11) is 0. The van der Waals surface area contributed by atoms with Crippen molar-refractivity contribution >= 4 is 87.5 Å². The number of fused-ring (bicyclic) bond motifs is 14. The second-order valence-corrected chi connectivity index (χ2v) is 15.9. The molecular formula is C56H30N4O2. The van der Waals surface area contributed by atoms with E-state index in [9.17, 15) is 10.5 Å². The summed E-state index contributed by atoms with van der Waals surface area (Å²) in [5, 5.41) is 28.7. The van der Waals surface area contributed by atoms with E-state index in [1.807, 2.05) is 48.5 Å². The summed E-state index contributed by atoms with van der Waals surface area (Å²) in [6.45, 7) is 0. The number of nitrogens with zero attached hydrogens (tertiary/aromatic N) is 4. The predicted molar refractivity (Wildman–Crippen MR) is 250 cm³/mol. The number of benzene rings is 9. The zero-order valence-corrected chi connectivity index (χ0v) is 32.9. The Morgan fingerprint density at radius 2 is 0.871 bits per heavy atom. The van der Waals surface area contributed by atoms with Gasteiger partial charge in [-0.1, -0.05) is 97.1 Å². The smallest absolute Gasteiger partial charge is 0.145 e. The van der Waals surface area contributed by atoms with Crippen molar-refractivity contribution in [1.82, 2.24) is 9.13 Å². The van der Waals surface area contributed by atoms with E-state index in [0.29, 0.717) is 11.1 Å². The maximum absolute atomic E-state index is 10.6. The summed E-state index contributed by atoms with van der Waals surface area (Å²) < 4.78 is 18.0. The lowest BCUT2D eigenvalue weighted by molar-refractivity contribution is 0.672. The molecule has 0 amide bonds. The molecule has 0 radical (unpaired) electrons. The molecule has 0 spiro atoms. The fraction of sp³-hybridized carbons (Fsp3) is 0. The molecule has 4 heterocycles. The van der Waals surface area contributed by atoms with Crippen LogP contribution in [0.5, 0.6) is 0 Å². The van der Waals surface area contributed by atoms with Crippen molar-refractivity contribution in [3.8, 4) is 45.8 Å². The fourth-order valence-electron chi connectivity index (χ4n) is 9.84. The van der Waals surface area contributed by atoms with Gasteiger partial charge in [0.2, 0.25) is 0 Å². The van der Waals surface area contributed by atoms with Crippen LogP contribution in [0.4, 0.5) is 0 Å². The second-order valence-electron chi connectivity index (χ2n) is 15.9. The molecule has 13 aromatic rings. The van der Waals surface area contributed by atoms with Crippen molar-refractivity contribution in [2.45, 2.75) is 0 Å². The summed E-state index contributed by atoms with van der Waals surface area (Å²) in [6.07, 6.45) is 0. The first-order valence-corrected chi connectivity index (χ1v) is 20.5. The normalized spacial score (nSPS) is 11.8. The van der Waals surface area contributed by atoms with Gasteiger partial charge in [0.1, 0.15) is 22.3 Å². The largest absolute Gasteiger partial charge is 0.455 e. The molecule has 0 saturated heterocycles. The Kier molecular flexibility index (Phi) is 7.05. The Balaban J connectivity index is 1.12. The summed E-state index contributed by atoms with van der Waals surface area (Å²) in [6, 6.07) is 67.1. The maximum Gasteiger partial charge on any atom is 0.145 e. The molecule has 0 saturated carbocycles. The lowest BCUT2D eigenvalue weighted by atomic mass is 9.94. The Morgan fingerprint density at radius 3 is 1.40 bits per heavy atom. The third-order valence-corrected chi connectivity index (χ3v) is 12.6. The van der Waals surface area contributed by atoms with E-state index in [-0.39, 0.29) is 0 Å². The molecule has 4 aromatic heterocycles. The quantitative estimate of drug-likeness (QED) is 0.178. The number of rotatable bonds is 4. The van der Waals surface area contributed by atoms with Crippen LogP contribution in [0.25, 0.3) is 121 Å². The topological polar surface area (TPSA) is 83.7 Å². The van der Waals surface area contributed by atoms with Crippen LogP contribution in [0.3, 0.4) is 0 Å². The number of hydrogen-bond acceptors (Lipinski definition) is 4. The highest BCUT2D eigenvalue weighted by atomic mass is 16.3. The van der Waals surface area contributed by atoms with Crippen LogP contribution in [0.1, 0.15) is 11.1 Å². The molecule has 0 aliphatic heterocycles. The molecule has 0 fully saturated rings. The standard InChI is InChI=1S/C56H30N4O2/c57-31-33-17-19-34(20-18-33)40-22-21-35(27-37(40)32-58)36-28-38(59-47-13-5-1-11-45(47)53-49(59)25-23-43-41-9-3-7-15-51(41)61-55(43)53)30-39(29-36)60-48-14-6-2-12-46(48)54-50(60)26-24-44-42-10-4-8-16-52(42)62-56(44)54/h1-30H.